The minimum absolute atomic E-state index is 0.0394. The maximum absolute atomic E-state index is 11.8. The van der Waals surface area contributed by atoms with Crippen LogP contribution >= 0.6 is 34.8 Å². The highest BCUT2D eigenvalue weighted by Crippen LogP contribution is 2.15. The molecular formula is C17H15Cl3N2O4. The summed E-state index contributed by atoms with van der Waals surface area (Å²) in [5.74, 6) is -0.0394. The molecule has 0 heterocycles. The van der Waals surface area contributed by atoms with E-state index in [1.165, 1.54) is 0 Å². The highest BCUT2D eigenvalue weighted by molar-refractivity contribution is 6.30. The molecule has 1 unspecified atom stereocenters. The Morgan fingerprint density at radius 3 is 1.77 bits per heavy atom. The zero-order valence-corrected chi connectivity index (χ0v) is 15.6. The number of ether oxygens (including phenoxy) is 2. The molecule has 2 rings (SSSR count). The van der Waals surface area contributed by atoms with Gasteiger partial charge in [-0.2, -0.15) is 0 Å². The second-order valence-electron chi connectivity index (χ2n) is 5.04. The zero-order chi connectivity index (χ0) is 18.9. The summed E-state index contributed by atoms with van der Waals surface area (Å²) >= 11 is 17.3. The largest absolute Gasteiger partial charge is 0.445 e. The van der Waals surface area contributed by atoms with Crippen LogP contribution in [0.25, 0.3) is 0 Å². The zero-order valence-electron chi connectivity index (χ0n) is 13.4. The summed E-state index contributed by atoms with van der Waals surface area (Å²) in [6.07, 6.45) is -2.23. The van der Waals surface area contributed by atoms with Crippen molar-refractivity contribution in [2.75, 3.05) is 23.1 Å². The summed E-state index contributed by atoms with van der Waals surface area (Å²) in [7, 11) is 0. The summed E-state index contributed by atoms with van der Waals surface area (Å²) < 4.78 is 10.1. The summed E-state index contributed by atoms with van der Waals surface area (Å²) in [6, 6.07) is 13.0. The van der Waals surface area contributed by atoms with Crippen molar-refractivity contribution in [3.05, 3.63) is 58.6 Å². The molecule has 2 aromatic rings. The molecule has 0 aliphatic carbocycles. The van der Waals surface area contributed by atoms with Crippen LogP contribution in [0.1, 0.15) is 0 Å². The van der Waals surface area contributed by atoms with Crippen molar-refractivity contribution in [2.24, 2.45) is 0 Å². The van der Waals surface area contributed by atoms with Gasteiger partial charge in [-0.1, -0.05) is 23.2 Å². The first-order chi connectivity index (χ1) is 12.5. The fraction of sp³-hybridized carbons (Fsp3) is 0.176. The summed E-state index contributed by atoms with van der Waals surface area (Å²) in [5, 5.41) is 6.13. The van der Waals surface area contributed by atoms with E-state index in [1.807, 2.05) is 0 Å². The normalized spacial score (nSPS) is 11.3. The maximum Gasteiger partial charge on any atom is 0.412 e. The lowest BCUT2D eigenvalue weighted by atomic mass is 10.3. The third-order valence-corrected chi connectivity index (χ3v) is 3.88. The highest BCUT2D eigenvalue weighted by atomic mass is 35.5. The quantitative estimate of drug-likeness (QED) is 0.617. The number of carbonyl (C=O) groups excluding carboxylic acids is 2. The van der Waals surface area contributed by atoms with E-state index in [2.05, 4.69) is 10.6 Å². The predicted molar refractivity (Wildman–Crippen MR) is 102 cm³/mol. The van der Waals surface area contributed by atoms with E-state index in [0.717, 1.165) is 0 Å². The smallest absolute Gasteiger partial charge is 0.412 e. The van der Waals surface area contributed by atoms with Crippen molar-refractivity contribution >= 4 is 58.4 Å². The SMILES string of the molecule is O=C(Nc1ccc(Cl)cc1)OCC(CCl)OC(=O)Nc1ccc(Cl)cc1. The number of nitrogens with one attached hydrogen (secondary N) is 2. The van der Waals surface area contributed by atoms with Crippen LogP contribution in [0.2, 0.25) is 10.0 Å². The number of halogens is 3. The molecule has 0 saturated carbocycles. The van der Waals surface area contributed by atoms with Gasteiger partial charge in [0.1, 0.15) is 6.61 Å². The third-order valence-electron chi connectivity index (χ3n) is 3.03. The molecule has 138 valence electrons. The monoisotopic (exact) mass is 416 g/mol. The molecule has 0 saturated heterocycles. The Labute approximate surface area is 165 Å². The second kappa shape index (κ2) is 10.1. The lowest BCUT2D eigenvalue weighted by Gasteiger charge is -2.16. The lowest BCUT2D eigenvalue weighted by molar-refractivity contribution is 0.0667. The molecule has 26 heavy (non-hydrogen) atoms. The molecule has 0 aromatic heterocycles. The summed E-state index contributed by atoms with van der Waals surface area (Å²) in [4.78, 5) is 23.6. The molecule has 6 nitrogen and oxygen atoms in total. The van der Waals surface area contributed by atoms with Crippen molar-refractivity contribution in [1.29, 1.82) is 0 Å². The van der Waals surface area contributed by atoms with Gasteiger partial charge in [-0.3, -0.25) is 10.6 Å². The van der Waals surface area contributed by atoms with Gasteiger partial charge in [0.2, 0.25) is 0 Å². The number of benzene rings is 2. The summed E-state index contributed by atoms with van der Waals surface area (Å²) in [5.41, 5.74) is 1.03. The first-order valence-electron chi connectivity index (χ1n) is 7.45. The van der Waals surface area contributed by atoms with Gasteiger partial charge in [-0.15, -0.1) is 11.6 Å². The molecule has 0 bridgehead atoms. The van der Waals surface area contributed by atoms with Crippen molar-refractivity contribution in [1.82, 2.24) is 0 Å². The van der Waals surface area contributed by atoms with Crippen LogP contribution in [-0.2, 0) is 9.47 Å². The Balaban J connectivity index is 1.77. The number of hydrogen-bond acceptors (Lipinski definition) is 4. The van der Waals surface area contributed by atoms with E-state index in [-0.39, 0.29) is 12.5 Å². The molecule has 1 atom stereocenters. The average Bonchev–Trinajstić information content (AvgIpc) is 2.62. The number of carbonyl (C=O) groups is 2. The molecule has 2 aromatic carbocycles. The average molecular weight is 418 g/mol. The lowest BCUT2D eigenvalue weighted by Crippen LogP contribution is -2.30. The van der Waals surface area contributed by atoms with Gasteiger partial charge in [-0.25, -0.2) is 9.59 Å². The fourth-order valence-electron chi connectivity index (χ4n) is 1.80. The van der Waals surface area contributed by atoms with Gasteiger partial charge >= 0.3 is 12.2 Å². The van der Waals surface area contributed by atoms with Crippen molar-refractivity contribution < 1.29 is 19.1 Å². The number of rotatable bonds is 6. The van der Waals surface area contributed by atoms with E-state index in [4.69, 9.17) is 44.3 Å². The maximum atomic E-state index is 11.8. The molecular weight excluding hydrogens is 403 g/mol. The van der Waals surface area contributed by atoms with Crippen LogP contribution in [0.5, 0.6) is 0 Å². The Bertz CT molecular complexity index is 739. The minimum Gasteiger partial charge on any atom is -0.445 e. The van der Waals surface area contributed by atoms with E-state index in [0.29, 0.717) is 21.4 Å². The standard InChI is InChI=1S/C17H15Cl3N2O4/c18-9-15(26-17(24)22-14-7-3-12(20)4-8-14)10-25-16(23)21-13-5-1-11(19)2-6-13/h1-8,15H,9-10H2,(H,21,23)(H,22,24). The first-order valence-corrected chi connectivity index (χ1v) is 8.74. The van der Waals surface area contributed by atoms with Crippen LogP contribution in [0.3, 0.4) is 0 Å². The molecule has 0 aliphatic rings. The van der Waals surface area contributed by atoms with Gasteiger partial charge in [0.05, 0.1) is 5.88 Å². The van der Waals surface area contributed by atoms with Gasteiger partial charge in [0.25, 0.3) is 0 Å². The van der Waals surface area contributed by atoms with Crippen LogP contribution in [0.15, 0.2) is 48.5 Å². The number of hydrogen-bond donors (Lipinski definition) is 2. The Morgan fingerprint density at radius 1 is 0.846 bits per heavy atom. The van der Waals surface area contributed by atoms with Crippen LogP contribution < -0.4 is 10.6 Å². The van der Waals surface area contributed by atoms with Crippen molar-refractivity contribution in [3.63, 3.8) is 0 Å². The van der Waals surface area contributed by atoms with E-state index < -0.39 is 18.3 Å². The predicted octanol–water partition coefficient (Wildman–Crippen LogP) is 5.40. The van der Waals surface area contributed by atoms with E-state index >= 15 is 0 Å². The molecule has 0 spiro atoms. The van der Waals surface area contributed by atoms with Gasteiger partial charge in [0, 0.05) is 21.4 Å². The molecule has 2 amide bonds. The number of alkyl halides is 1. The molecule has 0 aliphatic heterocycles. The molecule has 2 N–H and O–H groups in total. The second-order valence-corrected chi connectivity index (χ2v) is 6.23. The molecule has 9 heteroatoms. The molecule has 0 radical (unpaired) electrons. The van der Waals surface area contributed by atoms with E-state index in [9.17, 15) is 9.59 Å². The minimum atomic E-state index is -0.806. The van der Waals surface area contributed by atoms with Crippen molar-refractivity contribution in [2.45, 2.75) is 6.10 Å². The third kappa shape index (κ3) is 7.00. The molecule has 0 fully saturated rings. The summed E-state index contributed by atoms with van der Waals surface area (Å²) in [6.45, 7) is -0.197. The van der Waals surface area contributed by atoms with Crippen LogP contribution in [0.4, 0.5) is 21.0 Å². The Morgan fingerprint density at radius 2 is 1.31 bits per heavy atom. The van der Waals surface area contributed by atoms with Crippen LogP contribution in [0, 0.1) is 0 Å². The topological polar surface area (TPSA) is 76.7 Å². The van der Waals surface area contributed by atoms with Crippen LogP contribution in [-0.4, -0.2) is 30.8 Å². The Hall–Kier alpha value is -2.15. The van der Waals surface area contributed by atoms with Crippen molar-refractivity contribution in [3.8, 4) is 0 Å². The van der Waals surface area contributed by atoms with Gasteiger partial charge in [-0.05, 0) is 48.5 Å². The number of anilines is 2. The Kier molecular flexibility index (Phi) is 7.84. The fourth-order valence-corrected chi connectivity index (χ4v) is 2.20. The number of amides is 2. The highest BCUT2D eigenvalue weighted by Gasteiger charge is 2.16. The van der Waals surface area contributed by atoms with E-state index in [1.54, 1.807) is 48.5 Å². The first kappa shape index (κ1) is 20.2. The van der Waals surface area contributed by atoms with Gasteiger partial charge in [0.15, 0.2) is 6.10 Å². The van der Waals surface area contributed by atoms with Gasteiger partial charge < -0.3 is 9.47 Å².